The van der Waals surface area contributed by atoms with Crippen molar-refractivity contribution in [1.29, 1.82) is 0 Å². The molecule has 1 aromatic heterocycles. The first-order valence-electron chi connectivity index (χ1n) is 7.76. The van der Waals surface area contributed by atoms with Crippen molar-refractivity contribution in [3.8, 4) is 0 Å². The van der Waals surface area contributed by atoms with Gasteiger partial charge in [-0.1, -0.05) is 34.1 Å². The molecule has 0 spiro atoms. The molecular formula is C19H17BrN4O. The Labute approximate surface area is 154 Å². The molecular weight excluding hydrogens is 380 g/mol. The zero-order valence-electron chi connectivity index (χ0n) is 13.9. The molecule has 3 rings (SSSR count). The third-order valence-corrected chi connectivity index (χ3v) is 4.11. The summed E-state index contributed by atoms with van der Waals surface area (Å²) in [4.78, 5) is 21.2. The molecule has 0 saturated heterocycles. The fourth-order valence-corrected chi connectivity index (χ4v) is 2.57. The highest BCUT2D eigenvalue weighted by molar-refractivity contribution is 9.10. The SMILES string of the molecule is Cc1cc(C(=O)Nc2ccc(Br)cc2)nc(Nc2ccccc2C)n1. The highest BCUT2D eigenvalue weighted by Gasteiger charge is 2.11. The van der Waals surface area contributed by atoms with Crippen LogP contribution in [0.25, 0.3) is 0 Å². The van der Waals surface area contributed by atoms with E-state index in [-0.39, 0.29) is 5.91 Å². The van der Waals surface area contributed by atoms with E-state index in [2.05, 4.69) is 36.5 Å². The number of amides is 1. The topological polar surface area (TPSA) is 66.9 Å². The van der Waals surface area contributed by atoms with Crippen LogP contribution in [0.4, 0.5) is 17.3 Å². The Kier molecular flexibility index (Phi) is 5.09. The van der Waals surface area contributed by atoms with E-state index >= 15 is 0 Å². The number of benzene rings is 2. The Morgan fingerprint density at radius 3 is 2.44 bits per heavy atom. The highest BCUT2D eigenvalue weighted by Crippen LogP contribution is 2.19. The van der Waals surface area contributed by atoms with Crippen LogP contribution in [0.1, 0.15) is 21.7 Å². The van der Waals surface area contributed by atoms with Gasteiger partial charge in [-0.15, -0.1) is 0 Å². The fraction of sp³-hybridized carbons (Fsp3) is 0.105. The van der Waals surface area contributed by atoms with Crippen molar-refractivity contribution < 1.29 is 4.79 Å². The molecule has 0 saturated carbocycles. The first kappa shape index (κ1) is 17.1. The molecule has 0 unspecified atom stereocenters. The maximum atomic E-state index is 12.5. The van der Waals surface area contributed by atoms with Gasteiger partial charge in [-0.25, -0.2) is 9.97 Å². The van der Waals surface area contributed by atoms with Gasteiger partial charge in [0.25, 0.3) is 5.91 Å². The summed E-state index contributed by atoms with van der Waals surface area (Å²) in [6.45, 7) is 3.83. The molecule has 0 aliphatic heterocycles. The van der Waals surface area contributed by atoms with Crippen molar-refractivity contribution >= 4 is 39.2 Å². The Hall–Kier alpha value is -2.73. The van der Waals surface area contributed by atoms with Gasteiger partial charge in [-0.2, -0.15) is 0 Å². The van der Waals surface area contributed by atoms with Crippen molar-refractivity contribution in [1.82, 2.24) is 9.97 Å². The summed E-state index contributed by atoms with van der Waals surface area (Å²) < 4.78 is 0.952. The van der Waals surface area contributed by atoms with E-state index < -0.39 is 0 Å². The number of nitrogens with zero attached hydrogens (tertiary/aromatic N) is 2. The van der Waals surface area contributed by atoms with Crippen molar-refractivity contribution in [2.45, 2.75) is 13.8 Å². The molecule has 0 aliphatic carbocycles. The summed E-state index contributed by atoms with van der Waals surface area (Å²) >= 11 is 3.37. The number of hydrogen-bond donors (Lipinski definition) is 2. The molecule has 3 aromatic rings. The normalized spacial score (nSPS) is 10.4. The molecule has 1 heterocycles. The van der Waals surface area contributed by atoms with Gasteiger partial charge in [0.15, 0.2) is 0 Å². The van der Waals surface area contributed by atoms with E-state index in [1.165, 1.54) is 0 Å². The molecule has 0 bridgehead atoms. The van der Waals surface area contributed by atoms with Crippen LogP contribution in [-0.4, -0.2) is 15.9 Å². The summed E-state index contributed by atoms with van der Waals surface area (Å²) in [5.41, 5.74) is 3.72. The lowest BCUT2D eigenvalue weighted by molar-refractivity contribution is 0.102. The minimum absolute atomic E-state index is 0.277. The van der Waals surface area contributed by atoms with Crippen LogP contribution >= 0.6 is 15.9 Å². The van der Waals surface area contributed by atoms with Crippen molar-refractivity contribution in [3.63, 3.8) is 0 Å². The zero-order valence-corrected chi connectivity index (χ0v) is 15.5. The number of anilines is 3. The molecule has 1 amide bonds. The van der Waals surface area contributed by atoms with Gasteiger partial charge >= 0.3 is 0 Å². The molecule has 2 N–H and O–H groups in total. The van der Waals surface area contributed by atoms with Crippen LogP contribution in [0.2, 0.25) is 0 Å². The number of aryl methyl sites for hydroxylation is 2. The van der Waals surface area contributed by atoms with Crippen molar-refractivity contribution in [2.24, 2.45) is 0 Å². The first-order chi connectivity index (χ1) is 12.0. The molecule has 5 nitrogen and oxygen atoms in total. The summed E-state index contributed by atoms with van der Waals surface area (Å²) in [6.07, 6.45) is 0. The predicted molar refractivity (Wildman–Crippen MR) is 103 cm³/mol. The average Bonchev–Trinajstić information content (AvgIpc) is 2.58. The molecule has 0 atom stereocenters. The lowest BCUT2D eigenvalue weighted by Gasteiger charge is -2.10. The first-order valence-corrected chi connectivity index (χ1v) is 8.56. The van der Waals surface area contributed by atoms with Crippen LogP contribution in [0.3, 0.4) is 0 Å². The van der Waals surface area contributed by atoms with Crippen LogP contribution in [-0.2, 0) is 0 Å². The molecule has 6 heteroatoms. The third-order valence-electron chi connectivity index (χ3n) is 3.58. The van der Waals surface area contributed by atoms with Crippen LogP contribution in [0.15, 0.2) is 59.1 Å². The smallest absolute Gasteiger partial charge is 0.274 e. The summed E-state index contributed by atoms with van der Waals surface area (Å²) in [7, 11) is 0. The maximum absolute atomic E-state index is 12.5. The van der Waals surface area contributed by atoms with Crippen molar-refractivity contribution in [2.75, 3.05) is 10.6 Å². The number of carbonyl (C=O) groups is 1. The number of para-hydroxylation sites is 1. The van der Waals surface area contributed by atoms with Gasteiger partial charge in [0, 0.05) is 21.5 Å². The lowest BCUT2D eigenvalue weighted by atomic mass is 10.2. The molecule has 2 aromatic carbocycles. The molecule has 25 heavy (non-hydrogen) atoms. The zero-order chi connectivity index (χ0) is 17.8. The van der Waals surface area contributed by atoms with E-state index in [9.17, 15) is 4.79 Å². The average molecular weight is 397 g/mol. The number of nitrogens with one attached hydrogen (secondary N) is 2. The van der Waals surface area contributed by atoms with Gasteiger partial charge in [-0.05, 0) is 55.8 Å². The number of aromatic nitrogens is 2. The second-order valence-corrected chi connectivity index (χ2v) is 6.53. The van der Waals surface area contributed by atoms with Crippen LogP contribution in [0.5, 0.6) is 0 Å². The lowest BCUT2D eigenvalue weighted by Crippen LogP contribution is -2.15. The van der Waals surface area contributed by atoms with Gasteiger partial charge in [0.05, 0.1) is 0 Å². The largest absolute Gasteiger partial charge is 0.324 e. The number of halogens is 1. The molecule has 0 fully saturated rings. The van der Waals surface area contributed by atoms with E-state index in [0.717, 1.165) is 15.7 Å². The molecule has 126 valence electrons. The van der Waals surface area contributed by atoms with Gasteiger partial charge in [0.1, 0.15) is 5.69 Å². The standard InChI is InChI=1S/C19H17BrN4O/c1-12-5-3-4-6-16(12)23-19-21-13(2)11-17(24-19)18(25)22-15-9-7-14(20)8-10-15/h3-11H,1-2H3,(H,22,25)(H,21,23,24). The number of hydrogen-bond acceptors (Lipinski definition) is 4. The van der Waals surface area contributed by atoms with E-state index in [1.807, 2.05) is 62.4 Å². The van der Waals surface area contributed by atoms with Gasteiger partial charge in [-0.3, -0.25) is 4.79 Å². The Morgan fingerprint density at radius 1 is 1.00 bits per heavy atom. The molecule has 0 radical (unpaired) electrons. The van der Waals surface area contributed by atoms with Crippen molar-refractivity contribution in [3.05, 3.63) is 76.0 Å². The Bertz CT molecular complexity index is 910. The number of carbonyl (C=O) groups excluding carboxylic acids is 1. The quantitative estimate of drug-likeness (QED) is 0.661. The number of rotatable bonds is 4. The Morgan fingerprint density at radius 2 is 1.72 bits per heavy atom. The van der Waals surface area contributed by atoms with E-state index in [1.54, 1.807) is 6.07 Å². The summed E-state index contributed by atoms with van der Waals surface area (Å²) in [5, 5.41) is 6.01. The van der Waals surface area contributed by atoms with Gasteiger partial charge in [0.2, 0.25) is 5.95 Å². The second kappa shape index (κ2) is 7.44. The van der Waals surface area contributed by atoms with E-state index in [4.69, 9.17) is 0 Å². The predicted octanol–water partition coefficient (Wildman–Crippen LogP) is 4.85. The summed E-state index contributed by atoms with van der Waals surface area (Å²) in [6, 6.07) is 16.9. The highest BCUT2D eigenvalue weighted by atomic mass is 79.9. The van der Waals surface area contributed by atoms with Crippen LogP contribution < -0.4 is 10.6 Å². The summed E-state index contributed by atoms with van der Waals surface area (Å²) in [5.74, 6) is 0.121. The Balaban J connectivity index is 1.82. The monoisotopic (exact) mass is 396 g/mol. The fourth-order valence-electron chi connectivity index (χ4n) is 2.30. The third kappa shape index (κ3) is 4.42. The van der Waals surface area contributed by atoms with E-state index in [0.29, 0.717) is 23.0 Å². The minimum atomic E-state index is -0.277. The van der Waals surface area contributed by atoms with Gasteiger partial charge < -0.3 is 10.6 Å². The minimum Gasteiger partial charge on any atom is -0.324 e. The maximum Gasteiger partial charge on any atom is 0.274 e. The molecule has 0 aliphatic rings. The van der Waals surface area contributed by atoms with Crippen LogP contribution in [0, 0.1) is 13.8 Å². The second-order valence-electron chi connectivity index (χ2n) is 5.62.